The van der Waals surface area contributed by atoms with E-state index in [2.05, 4.69) is 11.9 Å². The highest BCUT2D eigenvalue weighted by atomic mass is 16.3. The second kappa shape index (κ2) is 4.26. The van der Waals surface area contributed by atoms with Gasteiger partial charge in [-0.25, -0.2) is 0 Å². The molecule has 1 atom stereocenters. The second-order valence-corrected chi connectivity index (χ2v) is 3.15. The Morgan fingerprint density at radius 3 is 2.50 bits per heavy atom. The van der Waals surface area contributed by atoms with Crippen LogP contribution in [-0.2, 0) is 4.79 Å². The first kappa shape index (κ1) is 11.2. The van der Waals surface area contributed by atoms with E-state index in [1.165, 1.54) is 7.05 Å². The molecular formula is C9H17NO2. The van der Waals surface area contributed by atoms with Gasteiger partial charge in [-0.3, -0.25) is 4.79 Å². The highest BCUT2D eigenvalue weighted by Crippen LogP contribution is 2.21. The van der Waals surface area contributed by atoms with Crippen LogP contribution < -0.4 is 5.32 Å². The fourth-order valence-electron chi connectivity index (χ4n) is 1.03. The number of carbonyl (C=O) groups is 1. The number of amides is 1. The van der Waals surface area contributed by atoms with Crippen molar-refractivity contribution in [3.05, 3.63) is 12.7 Å². The normalized spacial score (nSPS) is 15.4. The number of hydrogen-bond donors (Lipinski definition) is 2. The summed E-state index contributed by atoms with van der Waals surface area (Å²) in [7, 11) is 1.51. The van der Waals surface area contributed by atoms with Crippen LogP contribution in [0.15, 0.2) is 12.7 Å². The Bertz CT molecular complexity index is 177. The molecule has 0 radical (unpaired) electrons. The Morgan fingerprint density at radius 1 is 1.75 bits per heavy atom. The van der Waals surface area contributed by atoms with Crippen LogP contribution in [0.5, 0.6) is 0 Å². The molecule has 0 aromatic rings. The van der Waals surface area contributed by atoms with Gasteiger partial charge < -0.3 is 10.4 Å². The number of nitrogens with one attached hydrogen (secondary N) is 1. The van der Waals surface area contributed by atoms with E-state index in [1.54, 1.807) is 19.9 Å². The first-order valence-electron chi connectivity index (χ1n) is 4.04. The molecule has 0 heterocycles. The third kappa shape index (κ3) is 2.08. The highest BCUT2D eigenvalue weighted by Gasteiger charge is 2.36. The molecule has 0 bridgehead atoms. The zero-order chi connectivity index (χ0) is 9.78. The summed E-state index contributed by atoms with van der Waals surface area (Å²) >= 11 is 0. The SMILES string of the molecule is C=CC[C@@](O)(C(=O)NC)C(C)C. The molecule has 0 fully saturated rings. The summed E-state index contributed by atoms with van der Waals surface area (Å²) in [6.45, 7) is 7.11. The van der Waals surface area contributed by atoms with Crippen LogP contribution >= 0.6 is 0 Å². The summed E-state index contributed by atoms with van der Waals surface area (Å²) in [4.78, 5) is 11.3. The maximum atomic E-state index is 11.3. The maximum Gasteiger partial charge on any atom is 0.252 e. The minimum absolute atomic E-state index is 0.115. The molecule has 0 aromatic carbocycles. The van der Waals surface area contributed by atoms with E-state index in [0.29, 0.717) is 0 Å². The Morgan fingerprint density at radius 2 is 2.25 bits per heavy atom. The fraction of sp³-hybridized carbons (Fsp3) is 0.667. The smallest absolute Gasteiger partial charge is 0.252 e. The Kier molecular flexibility index (Phi) is 3.96. The lowest BCUT2D eigenvalue weighted by atomic mass is 9.86. The zero-order valence-corrected chi connectivity index (χ0v) is 7.92. The number of aliphatic hydroxyl groups is 1. The quantitative estimate of drug-likeness (QED) is 0.612. The molecule has 12 heavy (non-hydrogen) atoms. The summed E-state index contributed by atoms with van der Waals surface area (Å²) in [5, 5.41) is 12.3. The number of hydrogen-bond acceptors (Lipinski definition) is 2. The van der Waals surface area contributed by atoms with Gasteiger partial charge in [-0.15, -0.1) is 6.58 Å². The number of likely N-dealkylation sites (N-methyl/N-ethyl adjacent to an activating group) is 1. The van der Waals surface area contributed by atoms with Crippen LogP contribution in [0.2, 0.25) is 0 Å². The number of rotatable bonds is 4. The molecule has 2 N–H and O–H groups in total. The largest absolute Gasteiger partial charge is 0.379 e. The van der Waals surface area contributed by atoms with E-state index in [0.717, 1.165) is 0 Å². The molecule has 3 nitrogen and oxygen atoms in total. The molecule has 70 valence electrons. The van der Waals surface area contributed by atoms with Crippen molar-refractivity contribution >= 4 is 5.91 Å². The van der Waals surface area contributed by atoms with E-state index in [-0.39, 0.29) is 18.2 Å². The first-order chi connectivity index (χ1) is 5.49. The molecule has 0 rings (SSSR count). The van der Waals surface area contributed by atoms with E-state index < -0.39 is 5.60 Å². The van der Waals surface area contributed by atoms with Gasteiger partial charge in [-0.1, -0.05) is 19.9 Å². The maximum absolute atomic E-state index is 11.3. The molecule has 0 spiro atoms. The topological polar surface area (TPSA) is 49.3 Å². The van der Waals surface area contributed by atoms with Crippen molar-refractivity contribution in [3.63, 3.8) is 0 Å². The summed E-state index contributed by atoms with van der Waals surface area (Å²) in [5.74, 6) is -0.465. The van der Waals surface area contributed by atoms with E-state index in [9.17, 15) is 9.90 Å². The molecule has 3 heteroatoms. The third-order valence-corrected chi connectivity index (χ3v) is 2.03. The molecule has 0 aromatic heterocycles. The van der Waals surface area contributed by atoms with Gasteiger partial charge in [-0.05, 0) is 5.92 Å². The van der Waals surface area contributed by atoms with Crippen LogP contribution in [0.1, 0.15) is 20.3 Å². The number of carbonyl (C=O) groups excluding carboxylic acids is 1. The van der Waals surface area contributed by atoms with Crippen molar-refractivity contribution in [1.29, 1.82) is 0 Å². The zero-order valence-electron chi connectivity index (χ0n) is 7.92. The van der Waals surface area contributed by atoms with E-state index >= 15 is 0 Å². The van der Waals surface area contributed by atoms with Crippen molar-refractivity contribution in [2.45, 2.75) is 25.9 Å². The lowest BCUT2D eigenvalue weighted by molar-refractivity contribution is -0.143. The lowest BCUT2D eigenvalue weighted by Crippen LogP contribution is -2.49. The lowest BCUT2D eigenvalue weighted by Gasteiger charge is -2.28. The van der Waals surface area contributed by atoms with Crippen molar-refractivity contribution < 1.29 is 9.90 Å². The third-order valence-electron chi connectivity index (χ3n) is 2.03. The molecular weight excluding hydrogens is 154 g/mol. The van der Waals surface area contributed by atoms with Gasteiger partial charge >= 0.3 is 0 Å². The molecule has 0 aliphatic carbocycles. The molecule has 1 amide bonds. The first-order valence-corrected chi connectivity index (χ1v) is 4.04. The Hall–Kier alpha value is -0.830. The van der Waals surface area contributed by atoms with Gasteiger partial charge in [-0.2, -0.15) is 0 Å². The second-order valence-electron chi connectivity index (χ2n) is 3.15. The summed E-state index contributed by atoms with van der Waals surface area (Å²) in [5.41, 5.74) is -1.31. The molecule has 0 saturated carbocycles. The predicted octanol–water partition coefficient (Wildman–Crippen LogP) is 0.696. The monoisotopic (exact) mass is 171 g/mol. The van der Waals surface area contributed by atoms with Gasteiger partial charge in [0.2, 0.25) is 0 Å². The standard InChI is InChI=1S/C9H17NO2/c1-5-6-9(12,7(2)3)8(11)10-4/h5,7,12H,1,6H2,2-4H3,(H,10,11)/t9-/m0/s1. The van der Waals surface area contributed by atoms with Crippen molar-refractivity contribution in [3.8, 4) is 0 Å². The van der Waals surface area contributed by atoms with Crippen LogP contribution in [0.25, 0.3) is 0 Å². The summed E-state index contributed by atoms with van der Waals surface area (Å²) < 4.78 is 0. The van der Waals surface area contributed by atoms with Crippen LogP contribution in [0, 0.1) is 5.92 Å². The molecule has 0 aliphatic rings. The van der Waals surface area contributed by atoms with Gasteiger partial charge in [0, 0.05) is 13.5 Å². The Balaban J connectivity index is 4.60. The molecule has 0 unspecified atom stereocenters. The van der Waals surface area contributed by atoms with Crippen molar-refractivity contribution in [2.24, 2.45) is 5.92 Å². The average molecular weight is 171 g/mol. The van der Waals surface area contributed by atoms with Crippen LogP contribution in [0.3, 0.4) is 0 Å². The minimum Gasteiger partial charge on any atom is -0.379 e. The van der Waals surface area contributed by atoms with Crippen molar-refractivity contribution in [2.75, 3.05) is 7.05 Å². The van der Waals surface area contributed by atoms with Crippen LogP contribution in [0.4, 0.5) is 0 Å². The molecule has 0 aliphatic heterocycles. The Labute approximate surface area is 73.5 Å². The van der Waals surface area contributed by atoms with Gasteiger partial charge in [0.25, 0.3) is 5.91 Å². The van der Waals surface area contributed by atoms with Crippen LogP contribution in [-0.4, -0.2) is 23.7 Å². The van der Waals surface area contributed by atoms with Gasteiger partial charge in [0.15, 0.2) is 0 Å². The molecule has 0 saturated heterocycles. The minimum atomic E-state index is -1.31. The van der Waals surface area contributed by atoms with E-state index in [4.69, 9.17) is 0 Å². The predicted molar refractivity (Wildman–Crippen MR) is 48.7 cm³/mol. The highest BCUT2D eigenvalue weighted by molar-refractivity contribution is 5.85. The average Bonchev–Trinajstić information content (AvgIpc) is 2.03. The van der Waals surface area contributed by atoms with Gasteiger partial charge in [0.05, 0.1) is 0 Å². The van der Waals surface area contributed by atoms with Gasteiger partial charge in [0.1, 0.15) is 5.60 Å². The fourth-order valence-corrected chi connectivity index (χ4v) is 1.03. The van der Waals surface area contributed by atoms with E-state index in [1.807, 2.05) is 0 Å². The van der Waals surface area contributed by atoms with Crippen molar-refractivity contribution in [1.82, 2.24) is 5.32 Å². The summed E-state index contributed by atoms with van der Waals surface area (Å²) in [6.07, 6.45) is 1.83. The summed E-state index contributed by atoms with van der Waals surface area (Å²) in [6, 6.07) is 0.